The van der Waals surface area contributed by atoms with Crippen LogP contribution in [0.5, 0.6) is 0 Å². The molecule has 228 valence electrons. The van der Waals surface area contributed by atoms with E-state index in [1.165, 1.54) is 11.1 Å². The lowest BCUT2D eigenvalue weighted by atomic mass is 9.98. The summed E-state index contributed by atoms with van der Waals surface area (Å²) < 4.78 is 10.6. The second-order valence-corrected chi connectivity index (χ2v) is 11.6. The highest BCUT2D eigenvalue weighted by atomic mass is 16.6. The van der Waals surface area contributed by atoms with Crippen molar-refractivity contribution in [3.8, 4) is 0 Å². The first-order chi connectivity index (χ1) is 22.1. The molecule has 1 unspecified atom stereocenters. The molecule has 0 radical (unpaired) electrons. The molecule has 2 aliphatic heterocycles. The third-order valence-electron chi connectivity index (χ3n) is 8.35. The van der Waals surface area contributed by atoms with Gasteiger partial charge in [0.1, 0.15) is 0 Å². The molecule has 0 spiro atoms. The van der Waals surface area contributed by atoms with Crippen LogP contribution in [0.3, 0.4) is 0 Å². The van der Waals surface area contributed by atoms with Crippen LogP contribution < -0.4 is 0 Å². The molecule has 0 N–H and O–H groups in total. The van der Waals surface area contributed by atoms with Gasteiger partial charge in [0.05, 0.1) is 48.4 Å². The van der Waals surface area contributed by atoms with Gasteiger partial charge in [0, 0.05) is 27.1 Å². The molecule has 0 bridgehead atoms. The molecule has 1 amide bonds. The molecule has 6 rings (SSSR count). The Hall–Kier alpha value is -4.78. The molecule has 45 heavy (non-hydrogen) atoms. The van der Waals surface area contributed by atoms with Crippen molar-refractivity contribution >= 4 is 23.6 Å². The minimum atomic E-state index is -0.190. The number of aldehydes is 1. The van der Waals surface area contributed by atoms with E-state index in [9.17, 15) is 9.59 Å². The highest BCUT2D eigenvalue weighted by Crippen LogP contribution is 2.41. The number of rotatable bonds is 13. The molecule has 0 aliphatic carbocycles. The van der Waals surface area contributed by atoms with Gasteiger partial charge in [-0.25, -0.2) is 0 Å². The quantitative estimate of drug-likeness (QED) is 0.103. The van der Waals surface area contributed by atoms with E-state index < -0.39 is 0 Å². The van der Waals surface area contributed by atoms with Gasteiger partial charge in [-0.3, -0.25) is 9.59 Å². The molecule has 4 aromatic rings. The number of epoxide rings is 1. The van der Waals surface area contributed by atoms with Gasteiger partial charge in [-0.1, -0.05) is 109 Å². The molecule has 2 heterocycles. The van der Waals surface area contributed by atoms with E-state index in [-0.39, 0.29) is 5.91 Å². The van der Waals surface area contributed by atoms with Crippen LogP contribution in [0.2, 0.25) is 0 Å². The van der Waals surface area contributed by atoms with Crippen molar-refractivity contribution in [1.82, 2.24) is 9.80 Å². The molecule has 0 saturated carbocycles. The molecule has 6 nitrogen and oxygen atoms in total. The van der Waals surface area contributed by atoms with Crippen molar-refractivity contribution in [3.63, 3.8) is 0 Å². The van der Waals surface area contributed by atoms with Gasteiger partial charge in [-0.05, 0) is 39.8 Å². The fraction of sp³-hybridized carbons (Fsp3) is 0.231. The molecular weight excluding hydrogens is 560 g/mol. The second-order valence-electron chi connectivity index (χ2n) is 11.6. The lowest BCUT2D eigenvalue weighted by Gasteiger charge is -2.26. The van der Waals surface area contributed by atoms with Gasteiger partial charge in [0.15, 0.2) is 6.29 Å². The normalized spacial score (nSPS) is 17.1. The Morgan fingerprint density at radius 2 is 1.47 bits per heavy atom. The lowest BCUT2D eigenvalue weighted by molar-refractivity contribution is -0.123. The molecule has 1 fully saturated rings. The monoisotopic (exact) mass is 598 g/mol. The fourth-order valence-electron chi connectivity index (χ4n) is 5.97. The summed E-state index contributed by atoms with van der Waals surface area (Å²) in [5, 5.41) is 0. The zero-order valence-electron chi connectivity index (χ0n) is 25.8. The predicted molar refractivity (Wildman–Crippen MR) is 177 cm³/mol. The maximum absolute atomic E-state index is 14.6. The van der Waals surface area contributed by atoms with Gasteiger partial charge in [-0.2, -0.15) is 0 Å². The molecule has 2 aliphatic rings. The highest BCUT2D eigenvalue weighted by Gasteiger charge is 2.39. The predicted octanol–water partition coefficient (Wildman–Crippen LogP) is 6.31. The van der Waals surface area contributed by atoms with Crippen molar-refractivity contribution in [1.29, 1.82) is 0 Å². The number of nitrogens with zero attached hydrogens (tertiary/aromatic N) is 2. The average Bonchev–Trinajstić information content (AvgIpc) is 3.86. The highest BCUT2D eigenvalue weighted by molar-refractivity contribution is 6.21. The summed E-state index contributed by atoms with van der Waals surface area (Å²) >= 11 is 0. The lowest BCUT2D eigenvalue weighted by Crippen LogP contribution is -2.27. The van der Waals surface area contributed by atoms with Crippen molar-refractivity contribution in [2.75, 3.05) is 27.4 Å². The van der Waals surface area contributed by atoms with Crippen LogP contribution in [0.4, 0.5) is 0 Å². The first-order valence-corrected chi connectivity index (χ1v) is 15.4. The van der Waals surface area contributed by atoms with E-state index in [1.54, 1.807) is 12.0 Å². The molecule has 1 atom stereocenters. The van der Waals surface area contributed by atoms with E-state index >= 15 is 0 Å². The van der Waals surface area contributed by atoms with Crippen LogP contribution in [-0.4, -0.2) is 55.5 Å². The van der Waals surface area contributed by atoms with E-state index in [2.05, 4.69) is 41.3 Å². The minimum absolute atomic E-state index is 0.190. The largest absolute Gasteiger partial charge is 0.384 e. The zero-order valence-corrected chi connectivity index (χ0v) is 25.8. The number of benzene rings is 4. The van der Waals surface area contributed by atoms with Crippen LogP contribution in [-0.2, 0) is 45.0 Å². The summed E-state index contributed by atoms with van der Waals surface area (Å²) in [5.41, 5.74) is 8.38. The third kappa shape index (κ3) is 6.98. The number of carbonyl (C=O) groups is 2. The van der Waals surface area contributed by atoms with Crippen LogP contribution >= 0.6 is 0 Å². The summed E-state index contributed by atoms with van der Waals surface area (Å²) in [6.45, 7) is 2.39. The van der Waals surface area contributed by atoms with Crippen molar-refractivity contribution < 1.29 is 19.1 Å². The van der Waals surface area contributed by atoms with Crippen molar-refractivity contribution in [3.05, 3.63) is 154 Å². The van der Waals surface area contributed by atoms with E-state index in [4.69, 9.17) is 9.47 Å². The summed E-state index contributed by atoms with van der Waals surface area (Å²) in [5.74, 6) is -0.190. The van der Waals surface area contributed by atoms with Gasteiger partial charge >= 0.3 is 0 Å². The Morgan fingerprint density at radius 1 is 0.867 bits per heavy atom. The van der Waals surface area contributed by atoms with Crippen molar-refractivity contribution in [2.45, 2.75) is 32.0 Å². The van der Waals surface area contributed by atoms with Crippen LogP contribution in [0, 0.1) is 0 Å². The topological polar surface area (TPSA) is 62.4 Å². The molecular formula is C39H38N2O4. The van der Waals surface area contributed by atoms with Crippen LogP contribution in [0.1, 0.15) is 33.4 Å². The van der Waals surface area contributed by atoms with Gasteiger partial charge in [0.25, 0.3) is 5.91 Å². The summed E-state index contributed by atoms with van der Waals surface area (Å²) in [6.07, 6.45) is 2.92. The molecule has 4 aromatic carbocycles. The Balaban J connectivity index is 1.41. The van der Waals surface area contributed by atoms with Gasteiger partial charge in [-0.15, -0.1) is 0 Å². The van der Waals surface area contributed by atoms with Crippen LogP contribution in [0.25, 0.3) is 11.4 Å². The minimum Gasteiger partial charge on any atom is -0.384 e. The van der Waals surface area contributed by atoms with E-state index in [1.807, 2.05) is 79.8 Å². The summed E-state index contributed by atoms with van der Waals surface area (Å²) in [4.78, 5) is 31.5. The number of hydrogen-bond acceptors (Lipinski definition) is 5. The third-order valence-corrected chi connectivity index (χ3v) is 8.35. The molecule has 0 aromatic heterocycles. The number of hydrogen-bond donors (Lipinski definition) is 0. The average molecular weight is 599 g/mol. The number of ether oxygens (including phenoxy) is 2. The first kappa shape index (κ1) is 30.3. The first-order valence-electron chi connectivity index (χ1n) is 15.4. The van der Waals surface area contributed by atoms with Gasteiger partial charge in [0.2, 0.25) is 0 Å². The Bertz CT molecular complexity index is 1690. The van der Waals surface area contributed by atoms with Crippen molar-refractivity contribution in [2.24, 2.45) is 0 Å². The number of amides is 1. The van der Waals surface area contributed by atoms with Gasteiger partial charge < -0.3 is 19.3 Å². The summed E-state index contributed by atoms with van der Waals surface area (Å²) in [6, 6.07) is 36.4. The fourth-order valence-corrected chi connectivity index (χ4v) is 5.97. The number of carbonyl (C=O) groups excluding carboxylic acids is 2. The smallest absolute Gasteiger partial charge is 0.261 e. The summed E-state index contributed by atoms with van der Waals surface area (Å²) in [7, 11) is 3.68. The Morgan fingerprint density at radius 3 is 2.09 bits per heavy atom. The standard InChI is InChI=1S/C39H38N2O4/c1-40(24-30-19-15-29(16-20-30)23-34-27-45-34)38(33-11-7-4-8-12-33)36-35(26-42)37(32-9-5-3-6-10-32)41(39(36)43)25-31-17-13-28(14-18-31)21-22-44-2/h3-20,26,34H,21-25,27H2,1-2H3/b38-36+. The second kappa shape index (κ2) is 13.9. The SMILES string of the molecule is COCCc1ccc(CN2C(=O)/C(=C(\c3ccccc3)N(C)Cc3ccc(CC4CO4)cc3)C(C=O)=C2c2ccccc2)cc1. The zero-order chi connectivity index (χ0) is 31.2. The molecule has 1 saturated heterocycles. The molecule has 6 heteroatoms. The van der Waals surface area contributed by atoms with E-state index in [0.717, 1.165) is 53.7 Å². The Kier molecular flexibility index (Phi) is 9.34. The van der Waals surface area contributed by atoms with Crippen LogP contribution in [0.15, 0.2) is 120 Å². The maximum atomic E-state index is 14.6. The maximum Gasteiger partial charge on any atom is 0.261 e. The van der Waals surface area contributed by atoms with E-state index in [0.29, 0.717) is 42.6 Å². The number of methoxy groups -OCH3 is 1. The Labute approximate surface area is 265 Å².